The lowest BCUT2D eigenvalue weighted by Crippen LogP contribution is -2.51. The molecule has 31 heavy (non-hydrogen) atoms. The zero-order valence-electron chi connectivity index (χ0n) is 17.6. The molecule has 3 aliphatic rings. The van der Waals surface area contributed by atoms with Crippen molar-refractivity contribution >= 4 is 29.2 Å². The molecule has 1 saturated carbocycles. The number of carbonyl (C=O) groups is 3. The van der Waals surface area contributed by atoms with Crippen molar-refractivity contribution in [2.75, 3.05) is 29.9 Å². The van der Waals surface area contributed by atoms with E-state index in [2.05, 4.69) is 10.6 Å². The van der Waals surface area contributed by atoms with Gasteiger partial charge in [-0.25, -0.2) is 13.6 Å². The number of anilines is 2. The molecule has 0 radical (unpaired) electrons. The second kappa shape index (κ2) is 8.43. The van der Waals surface area contributed by atoms with Crippen molar-refractivity contribution in [1.82, 2.24) is 10.2 Å². The van der Waals surface area contributed by atoms with Gasteiger partial charge in [0.25, 0.3) is 11.8 Å². The van der Waals surface area contributed by atoms with Crippen LogP contribution in [0.5, 0.6) is 0 Å². The molecule has 2 fully saturated rings. The van der Waals surface area contributed by atoms with E-state index in [1.165, 1.54) is 22.6 Å². The van der Waals surface area contributed by atoms with Crippen LogP contribution in [-0.2, 0) is 4.79 Å². The molecular weight excluding hydrogens is 406 g/mol. The van der Waals surface area contributed by atoms with Gasteiger partial charge in [-0.05, 0) is 37.5 Å². The molecule has 2 heterocycles. The van der Waals surface area contributed by atoms with Crippen molar-refractivity contribution in [3.63, 3.8) is 0 Å². The number of urea groups is 1. The minimum Gasteiger partial charge on any atom is -0.352 e. The van der Waals surface area contributed by atoms with Crippen LogP contribution in [0.25, 0.3) is 0 Å². The molecule has 1 saturated heterocycles. The zero-order chi connectivity index (χ0) is 22.2. The van der Waals surface area contributed by atoms with Crippen LogP contribution < -0.4 is 15.5 Å². The number of halogens is 2. The van der Waals surface area contributed by atoms with Gasteiger partial charge in [-0.3, -0.25) is 14.5 Å². The molecule has 2 N–H and O–H groups in total. The lowest BCUT2D eigenvalue weighted by Gasteiger charge is -2.37. The van der Waals surface area contributed by atoms with E-state index in [0.29, 0.717) is 29.4 Å². The molecule has 168 valence electrons. The van der Waals surface area contributed by atoms with Gasteiger partial charge in [-0.2, -0.15) is 0 Å². The third-order valence-electron chi connectivity index (χ3n) is 6.22. The summed E-state index contributed by atoms with van der Waals surface area (Å²) >= 11 is 0. The number of hydrogen-bond donors (Lipinski definition) is 2. The average molecular weight is 434 g/mol. The van der Waals surface area contributed by atoms with Gasteiger partial charge in [0.15, 0.2) is 0 Å². The molecule has 9 heteroatoms. The van der Waals surface area contributed by atoms with Crippen molar-refractivity contribution in [1.29, 1.82) is 0 Å². The minimum absolute atomic E-state index is 0.0345. The number of fused-ring (bicyclic) bond motifs is 1. The van der Waals surface area contributed by atoms with Crippen molar-refractivity contribution in [2.45, 2.75) is 57.4 Å². The first-order chi connectivity index (χ1) is 14.7. The van der Waals surface area contributed by atoms with Crippen LogP contribution in [0.3, 0.4) is 0 Å². The van der Waals surface area contributed by atoms with E-state index >= 15 is 0 Å². The van der Waals surface area contributed by atoms with Crippen LogP contribution >= 0.6 is 0 Å². The molecule has 4 rings (SSSR count). The van der Waals surface area contributed by atoms with Crippen LogP contribution in [0, 0.1) is 5.92 Å². The molecule has 4 amide bonds. The largest absolute Gasteiger partial charge is 0.352 e. The van der Waals surface area contributed by atoms with Crippen LogP contribution in [0.2, 0.25) is 0 Å². The third kappa shape index (κ3) is 4.97. The Balaban J connectivity index is 1.54. The Morgan fingerprint density at radius 1 is 1.23 bits per heavy atom. The van der Waals surface area contributed by atoms with Gasteiger partial charge in [0.1, 0.15) is 0 Å². The summed E-state index contributed by atoms with van der Waals surface area (Å²) < 4.78 is 27.1. The van der Waals surface area contributed by atoms with E-state index in [0.717, 1.165) is 6.42 Å². The van der Waals surface area contributed by atoms with Gasteiger partial charge < -0.3 is 15.5 Å². The predicted molar refractivity (Wildman–Crippen MR) is 112 cm³/mol. The fourth-order valence-corrected chi connectivity index (χ4v) is 4.15. The maximum Gasteiger partial charge on any atom is 0.324 e. The Kier molecular flexibility index (Phi) is 5.85. The summed E-state index contributed by atoms with van der Waals surface area (Å²) in [5.41, 5.74) is 1.24. The van der Waals surface area contributed by atoms with E-state index < -0.39 is 18.0 Å². The first-order valence-corrected chi connectivity index (χ1v) is 10.9. The Morgan fingerprint density at radius 3 is 2.61 bits per heavy atom. The van der Waals surface area contributed by atoms with Crippen molar-refractivity contribution in [2.24, 2.45) is 5.92 Å². The highest BCUT2D eigenvalue weighted by Crippen LogP contribution is 2.35. The van der Waals surface area contributed by atoms with Crippen LogP contribution in [0.15, 0.2) is 18.2 Å². The summed E-state index contributed by atoms with van der Waals surface area (Å²) in [6.07, 6.45) is 2.74. The normalized spacial score (nSPS) is 22.9. The fourth-order valence-electron chi connectivity index (χ4n) is 4.15. The number of nitrogens with zero attached hydrogens (tertiary/aromatic N) is 2. The first-order valence-electron chi connectivity index (χ1n) is 10.9. The van der Waals surface area contributed by atoms with E-state index in [1.807, 2.05) is 0 Å². The van der Waals surface area contributed by atoms with Gasteiger partial charge in [0.05, 0.1) is 11.4 Å². The smallest absolute Gasteiger partial charge is 0.324 e. The molecule has 1 atom stereocenters. The number of nitrogens with one attached hydrogen (secondary N) is 2. The predicted octanol–water partition coefficient (Wildman–Crippen LogP) is 3.60. The van der Waals surface area contributed by atoms with Crippen molar-refractivity contribution < 1.29 is 23.2 Å². The number of alkyl halides is 2. The lowest BCUT2D eigenvalue weighted by molar-refractivity contribution is -0.116. The number of piperidine rings is 1. The number of hydrogen-bond acceptors (Lipinski definition) is 3. The van der Waals surface area contributed by atoms with Gasteiger partial charge in [-0.15, -0.1) is 0 Å². The number of likely N-dealkylation sites (tertiary alicyclic amines) is 1. The second-order valence-corrected chi connectivity index (χ2v) is 8.82. The summed E-state index contributed by atoms with van der Waals surface area (Å²) in [6, 6.07) is 3.99. The molecule has 1 aliphatic carbocycles. The summed E-state index contributed by atoms with van der Waals surface area (Å²) in [5.74, 6) is -2.53. The Hall–Kier alpha value is -2.71. The molecular formula is C22H28F2N4O3. The zero-order valence-corrected chi connectivity index (χ0v) is 17.6. The Labute approximate surface area is 180 Å². The highest BCUT2D eigenvalue weighted by atomic mass is 19.3. The molecule has 0 aromatic heterocycles. The van der Waals surface area contributed by atoms with E-state index in [9.17, 15) is 23.2 Å². The second-order valence-electron chi connectivity index (χ2n) is 8.82. The quantitative estimate of drug-likeness (QED) is 0.760. The van der Waals surface area contributed by atoms with Crippen LogP contribution in [0.4, 0.5) is 25.0 Å². The molecule has 1 aromatic carbocycles. The van der Waals surface area contributed by atoms with E-state index in [4.69, 9.17) is 0 Å². The molecule has 7 nitrogen and oxygen atoms in total. The van der Waals surface area contributed by atoms with E-state index in [-0.39, 0.29) is 44.2 Å². The van der Waals surface area contributed by atoms with Gasteiger partial charge in [0, 0.05) is 50.5 Å². The molecule has 2 aliphatic heterocycles. The summed E-state index contributed by atoms with van der Waals surface area (Å²) in [7, 11) is 0. The molecule has 1 aromatic rings. The topological polar surface area (TPSA) is 81.8 Å². The number of amides is 4. The molecule has 0 bridgehead atoms. The highest BCUT2D eigenvalue weighted by Gasteiger charge is 2.39. The lowest BCUT2D eigenvalue weighted by atomic mass is 10.1. The summed E-state index contributed by atoms with van der Waals surface area (Å²) in [4.78, 5) is 41.0. The third-order valence-corrected chi connectivity index (χ3v) is 6.22. The maximum atomic E-state index is 13.5. The molecule has 0 unspecified atom stereocenters. The SMILES string of the molecule is C[C@H]1CC(=O)Nc2cc(C(=O)NCCC3CC3)ccc2N1C(=O)N1CCC(F)(F)CC1. The average Bonchev–Trinajstić information content (AvgIpc) is 3.53. The monoisotopic (exact) mass is 434 g/mol. The maximum absolute atomic E-state index is 13.5. The Morgan fingerprint density at radius 2 is 1.94 bits per heavy atom. The van der Waals surface area contributed by atoms with Crippen molar-refractivity contribution in [3.05, 3.63) is 23.8 Å². The molecule has 0 spiro atoms. The number of benzene rings is 1. The van der Waals surface area contributed by atoms with Crippen molar-refractivity contribution in [3.8, 4) is 0 Å². The summed E-state index contributed by atoms with van der Waals surface area (Å²) in [6.45, 7) is 2.29. The standard InChI is InChI=1S/C22H28F2N4O3/c1-14-12-19(29)26-17-13-16(20(30)25-9-6-15-2-3-15)4-5-18(17)28(14)21(31)27-10-7-22(23,24)8-11-27/h4-5,13-15H,2-3,6-12H2,1H3,(H,25,30)(H,26,29)/t14-/m0/s1. The van der Waals surface area contributed by atoms with Gasteiger partial charge >= 0.3 is 6.03 Å². The number of carbonyl (C=O) groups excluding carboxylic acids is 3. The first kappa shape index (κ1) is 21.5. The van der Waals surface area contributed by atoms with Crippen LogP contribution in [0.1, 0.15) is 55.8 Å². The van der Waals surface area contributed by atoms with Gasteiger partial charge in [0.2, 0.25) is 5.91 Å². The highest BCUT2D eigenvalue weighted by molar-refractivity contribution is 6.06. The Bertz CT molecular complexity index is 878. The number of rotatable bonds is 4. The van der Waals surface area contributed by atoms with E-state index in [1.54, 1.807) is 25.1 Å². The minimum atomic E-state index is -2.75. The van der Waals surface area contributed by atoms with Gasteiger partial charge in [-0.1, -0.05) is 12.8 Å². The summed E-state index contributed by atoms with van der Waals surface area (Å²) in [5, 5.41) is 5.68. The van der Waals surface area contributed by atoms with Crippen LogP contribution in [-0.4, -0.2) is 54.3 Å². The fraction of sp³-hybridized carbons (Fsp3) is 0.591.